The van der Waals surface area contributed by atoms with Gasteiger partial charge in [-0.3, -0.25) is 9.98 Å². The van der Waals surface area contributed by atoms with Gasteiger partial charge >= 0.3 is 0 Å². The number of rotatable bonds is 6. The van der Waals surface area contributed by atoms with Gasteiger partial charge in [0.1, 0.15) is 5.84 Å². The van der Waals surface area contributed by atoms with Gasteiger partial charge in [-0.05, 0) is 13.0 Å². The zero-order chi connectivity index (χ0) is 15.0. The summed E-state index contributed by atoms with van der Waals surface area (Å²) < 4.78 is 0. The highest BCUT2D eigenvalue weighted by Crippen LogP contribution is 2.21. The van der Waals surface area contributed by atoms with E-state index in [9.17, 15) is 0 Å². The van der Waals surface area contributed by atoms with Crippen molar-refractivity contribution in [3.05, 3.63) is 72.5 Å². The maximum absolute atomic E-state index is 4.59. The highest BCUT2D eigenvalue weighted by Gasteiger charge is 2.21. The topological polar surface area (TPSA) is 36.8 Å². The van der Waals surface area contributed by atoms with Gasteiger partial charge in [0, 0.05) is 30.1 Å². The predicted octanol–water partition coefficient (Wildman–Crippen LogP) is 3.37. The Morgan fingerprint density at radius 3 is 2.55 bits per heavy atom. The van der Waals surface area contributed by atoms with Crippen LogP contribution in [-0.4, -0.2) is 25.6 Å². The molecule has 0 aromatic heterocycles. The fraction of sp³-hybridized carbons (Fsp3) is 0.176. The number of nitrogens with one attached hydrogen (secondary N) is 1. The van der Waals surface area contributed by atoms with E-state index in [0.29, 0.717) is 6.54 Å². The molecule has 0 amide bonds. The summed E-state index contributed by atoms with van der Waals surface area (Å²) in [6, 6.07) is 0. The molecule has 0 aliphatic carbocycles. The number of hydrogen-bond donors (Lipinski definition) is 1. The minimum absolute atomic E-state index is 0.615. The average Bonchev–Trinajstić information content (AvgIpc) is 2.76. The number of hydrogen-bond acceptors (Lipinski definition) is 2. The van der Waals surface area contributed by atoms with Crippen molar-refractivity contribution >= 4 is 12.1 Å². The van der Waals surface area contributed by atoms with E-state index in [4.69, 9.17) is 0 Å². The largest absolute Gasteiger partial charge is 0.339 e. The molecule has 0 saturated carbocycles. The second-order valence-electron chi connectivity index (χ2n) is 4.27. The Morgan fingerprint density at radius 2 is 2.00 bits per heavy atom. The molecule has 3 nitrogen and oxygen atoms in total. The van der Waals surface area contributed by atoms with Crippen molar-refractivity contribution in [2.75, 3.05) is 13.6 Å². The van der Waals surface area contributed by atoms with Crippen LogP contribution < -0.4 is 5.32 Å². The molecule has 0 fully saturated rings. The first-order valence-corrected chi connectivity index (χ1v) is 6.39. The third-order valence-corrected chi connectivity index (χ3v) is 2.72. The average molecular weight is 267 g/mol. The first kappa shape index (κ1) is 15.6. The third kappa shape index (κ3) is 3.79. The van der Waals surface area contributed by atoms with Gasteiger partial charge < -0.3 is 5.32 Å². The molecule has 20 heavy (non-hydrogen) atoms. The number of nitrogens with zero attached hydrogens (tertiary/aromatic N) is 2. The highest BCUT2D eigenvalue weighted by molar-refractivity contribution is 6.14. The van der Waals surface area contributed by atoms with Gasteiger partial charge in [0.2, 0.25) is 0 Å². The minimum Gasteiger partial charge on any atom is -0.339 e. The zero-order valence-corrected chi connectivity index (χ0v) is 12.2. The van der Waals surface area contributed by atoms with Crippen LogP contribution in [0.3, 0.4) is 0 Å². The van der Waals surface area contributed by atoms with E-state index in [1.165, 1.54) is 0 Å². The van der Waals surface area contributed by atoms with Gasteiger partial charge in [0.25, 0.3) is 0 Å². The molecular weight excluding hydrogens is 246 g/mol. The van der Waals surface area contributed by atoms with E-state index >= 15 is 0 Å². The maximum atomic E-state index is 4.59. The Balaban J connectivity index is 3.13. The molecular formula is C17H21N3. The van der Waals surface area contributed by atoms with Crippen LogP contribution in [-0.2, 0) is 0 Å². The lowest BCUT2D eigenvalue weighted by molar-refractivity contribution is 1.10. The molecule has 0 spiro atoms. The Hall–Kier alpha value is -2.42. The van der Waals surface area contributed by atoms with Crippen molar-refractivity contribution in [1.82, 2.24) is 5.32 Å². The van der Waals surface area contributed by atoms with Crippen molar-refractivity contribution in [3.8, 4) is 0 Å². The van der Waals surface area contributed by atoms with Crippen LogP contribution in [0.4, 0.5) is 0 Å². The van der Waals surface area contributed by atoms with Crippen LogP contribution in [0.5, 0.6) is 0 Å². The SMILES string of the molecule is C=C/C=C1\C(=NC/C(C)=C/C=C)NC(C=C)=C1C=NC. The molecule has 0 aromatic carbocycles. The molecule has 1 aliphatic heterocycles. The lowest BCUT2D eigenvalue weighted by Gasteiger charge is -2.03. The predicted molar refractivity (Wildman–Crippen MR) is 89.3 cm³/mol. The Morgan fingerprint density at radius 1 is 1.25 bits per heavy atom. The molecule has 0 atom stereocenters. The fourth-order valence-electron chi connectivity index (χ4n) is 1.83. The molecule has 1 N–H and O–H groups in total. The van der Waals surface area contributed by atoms with Gasteiger partial charge in [0.05, 0.1) is 6.54 Å². The van der Waals surface area contributed by atoms with Crippen LogP contribution in [0.2, 0.25) is 0 Å². The van der Waals surface area contributed by atoms with E-state index in [2.05, 4.69) is 35.0 Å². The van der Waals surface area contributed by atoms with E-state index in [1.54, 1.807) is 31.5 Å². The minimum atomic E-state index is 0.615. The smallest absolute Gasteiger partial charge is 0.133 e. The van der Waals surface area contributed by atoms with Crippen molar-refractivity contribution in [2.45, 2.75) is 6.92 Å². The van der Waals surface area contributed by atoms with Crippen molar-refractivity contribution in [2.24, 2.45) is 9.98 Å². The summed E-state index contributed by atoms with van der Waals surface area (Å²) in [5, 5.41) is 3.26. The van der Waals surface area contributed by atoms with Gasteiger partial charge in [-0.25, -0.2) is 0 Å². The van der Waals surface area contributed by atoms with Crippen molar-refractivity contribution < 1.29 is 0 Å². The monoisotopic (exact) mass is 267 g/mol. The Kier molecular flexibility index (Phi) is 6.17. The molecule has 1 rings (SSSR count). The summed E-state index contributed by atoms with van der Waals surface area (Å²) in [6.07, 6.45) is 10.9. The van der Waals surface area contributed by atoms with E-state index in [-0.39, 0.29) is 0 Å². The normalized spacial score (nSPS) is 19.8. The summed E-state index contributed by atoms with van der Waals surface area (Å²) in [5.41, 5.74) is 4.01. The number of amidine groups is 1. The van der Waals surface area contributed by atoms with Gasteiger partial charge in [-0.2, -0.15) is 0 Å². The molecule has 1 aliphatic rings. The quantitative estimate of drug-likeness (QED) is 0.581. The highest BCUT2D eigenvalue weighted by atomic mass is 15.0. The molecule has 0 aromatic rings. The van der Waals surface area contributed by atoms with Gasteiger partial charge in [-0.15, -0.1) is 0 Å². The maximum Gasteiger partial charge on any atom is 0.133 e. The van der Waals surface area contributed by atoms with Crippen molar-refractivity contribution in [1.29, 1.82) is 0 Å². The van der Waals surface area contributed by atoms with Gasteiger partial charge in [0.15, 0.2) is 0 Å². The van der Waals surface area contributed by atoms with E-state index < -0.39 is 0 Å². The van der Waals surface area contributed by atoms with Gasteiger partial charge in [-0.1, -0.05) is 49.6 Å². The molecule has 0 unspecified atom stereocenters. The first-order chi connectivity index (χ1) is 9.67. The first-order valence-electron chi connectivity index (χ1n) is 6.39. The molecule has 1 heterocycles. The van der Waals surface area contributed by atoms with E-state index in [0.717, 1.165) is 28.3 Å². The summed E-state index contributed by atoms with van der Waals surface area (Å²) in [7, 11) is 1.74. The number of allylic oxidation sites excluding steroid dienone is 5. The number of aliphatic imine (C=N–C) groups is 2. The molecule has 104 valence electrons. The Bertz CT molecular complexity index is 555. The van der Waals surface area contributed by atoms with Crippen molar-refractivity contribution in [3.63, 3.8) is 0 Å². The van der Waals surface area contributed by atoms with Crippen LogP contribution in [0.15, 0.2) is 82.5 Å². The fourth-order valence-corrected chi connectivity index (χ4v) is 1.83. The zero-order valence-electron chi connectivity index (χ0n) is 12.2. The lowest BCUT2D eigenvalue weighted by atomic mass is 10.1. The summed E-state index contributed by atoms with van der Waals surface area (Å²) in [5.74, 6) is 0.812. The van der Waals surface area contributed by atoms with Crippen LogP contribution in [0.25, 0.3) is 0 Å². The second-order valence-corrected chi connectivity index (χ2v) is 4.27. The van der Waals surface area contributed by atoms with Crippen LogP contribution in [0.1, 0.15) is 6.92 Å². The summed E-state index contributed by atoms with van der Waals surface area (Å²) >= 11 is 0. The molecule has 0 saturated heterocycles. The van der Waals surface area contributed by atoms with E-state index in [1.807, 2.05) is 19.1 Å². The lowest BCUT2D eigenvalue weighted by Crippen LogP contribution is -2.17. The molecule has 0 bridgehead atoms. The molecule has 3 heteroatoms. The Labute approximate surface area is 121 Å². The summed E-state index contributed by atoms with van der Waals surface area (Å²) in [6.45, 7) is 13.9. The summed E-state index contributed by atoms with van der Waals surface area (Å²) in [4.78, 5) is 8.68. The van der Waals surface area contributed by atoms with Crippen LogP contribution >= 0.6 is 0 Å². The standard InChI is InChI=1S/C17H21N3/c1-6-9-13(4)11-19-17-14(10-7-2)15(12-18-5)16(8-3)20-17/h6-10,12H,1-3,11H2,4-5H3,(H,19,20)/b13-9+,14-10-,18-12?. The van der Waals surface area contributed by atoms with Crippen LogP contribution in [0, 0.1) is 0 Å². The molecule has 0 radical (unpaired) electrons. The second kappa shape index (κ2) is 7.89. The third-order valence-electron chi connectivity index (χ3n) is 2.72.